The van der Waals surface area contributed by atoms with Crippen molar-refractivity contribution in [3.05, 3.63) is 41.1 Å². The number of ether oxygens (including phenoxy) is 3. The Morgan fingerprint density at radius 1 is 1.07 bits per heavy atom. The van der Waals surface area contributed by atoms with Crippen LogP contribution in [0, 0.1) is 0 Å². The maximum absolute atomic E-state index is 12.7. The first-order chi connectivity index (χ1) is 12.8. The van der Waals surface area contributed by atoms with Gasteiger partial charge >= 0.3 is 11.9 Å². The number of hydrazine groups is 1. The molecule has 0 spiro atoms. The van der Waals surface area contributed by atoms with Gasteiger partial charge in [-0.3, -0.25) is 4.79 Å². The van der Waals surface area contributed by atoms with E-state index in [0.29, 0.717) is 11.3 Å². The van der Waals surface area contributed by atoms with E-state index in [2.05, 4.69) is 0 Å². The largest absolute Gasteiger partial charge is 0.496 e. The van der Waals surface area contributed by atoms with E-state index in [1.165, 1.54) is 26.3 Å². The Balaban J connectivity index is 2.33. The van der Waals surface area contributed by atoms with Gasteiger partial charge in [0.2, 0.25) is 5.91 Å². The zero-order valence-electron chi connectivity index (χ0n) is 15.9. The van der Waals surface area contributed by atoms with Gasteiger partial charge < -0.3 is 14.2 Å². The van der Waals surface area contributed by atoms with Gasteiger partial charge in [-0.15, -0.1) is 0 Å². The number of methoxy groups -OCH3 is 3. The highest BCUT2D eigenvalue weighted by molar-refractivity contribution is 6.05. The number of fused-ring (bicyclic) bond motifs is 1. The summed E-state index contributed by atoms with van der Waals surface area (Å²) in [5, 5.41) is 2.97. The molecule has 0 radical (unpaired) electrons. The lowest BCUT2D eigenvalue weighted by Gasteiger charge is -2.37. The molecule has 1 aromatic carbocycles. The number of rotatable bonds is 4. The van der Waals surface area contributed by atoms with Crippen LogP contribution in [0.25, 0.3) is 0 Å². The number of hydrogen-bond donors (Lipinski definition) is 0. The van der Waals surface area contributed by atoms with Crippen LogP contribution in [0.2, 0.25) is 0 Å². The van der Waals surface area contributed by atoms with E-state index in [9.17, 15) is 14.4 Å². The molecule has 3 rings (SSSR count). The monoisotopic (exact) mass is 374 g/mol. The summed E-state index contributed by atoms with van der Waals surface area (Å²) in [5.41, 5.74) is -0.0599. The van der Waals surface area contributed by atoms with E-state index in [1.807, 2.05) is 13.8 Å². The summed E-state index contributed by atoms with van der Waals surface area (Å²) >= 11 is 0. The molecule has 0 aromatic heterocycles. The molecule has 8 nitrogen and oxygen atoms in total. The first kappa shape index (κ1) is 18.9. The minimum Gasteiger partial charge on any atom is -0.496 e. The summed E-state index contributed by atoms with van der Waals surface area (Å²) in [7, 11) is 3.96. The van der Waals surface area contributed by atoms with E-state index in [0.717, 1.165) is 0 Å². The lowest BCUT2D eigenvalue weighted by molar-refractivity contribution is -0.147. The van der Waals surface area contributed by atoms with Crippen LogP contribution < -0.4 is 4.74 Å². The van der Waals surface area contributed by atoms with Gasteiger partial charge in [0.15, 0.2) is 5.70 Å². The highest BCUT2D eigenvalue weighted by atomic mass is 16.5. The molecule has 8 heteroatoms. The SMILES string of the molecule is COC(=O)C1=C(C(=O)OC)N2C(=O)CC(C)(C)N2C1c1ccccc1OC. The van der Waals surface area contributed by atoms with Gasteiger partial charge in [0.25, 0.3) is 0 Å². The molecule has 2 heterocycles. The summed E-state index contributed by atoms with van der Waals surface area (Å²) in [6.07, 6.45) is 0.188. The van der Waals surface area contributed by atoms with Crippen LogP contribution in [-0.2, 0) is 23.9 Å². The van der Waals surface area contributed by atoms with E-state index < -0.39 is 23.5 Å². The average molecular weight is 374 g/mol. The molecule has 0 aliphatic carbocycles. The zero-order chi connectivity index (χ0) is 19.9. The van der Waals surface area contributed by atoms with E-state index >= 15 is 0 Å². The summed E-state index contributed by atoms with van der Waals surface area (Å²) in [4.78, 5) is 38.0. The number of carbonyl (C=O) groups excluding carboxylic acids is 3. The van der Waals surface area contributed by atoms with Gasteiger partial charge in [-0.05, 0) is 19.9 Å². The predicted octanol–water partition coefficient (Wildman–Crippen LogP) is 1.58. The third-order valence-corrected chi connectivity index (χ3v) is 4.86. The molecule has 144 valence electrons. The molecule has 1 fully saturated rings. The fourth-order valence-electron chi connectivity index (χ4n) is 3.77. The first-order valence-electron chi connectivity index (χ1n) is 8.44. The van der Waals surface area contributed by atoms with Crippen LogP contribution in [0.3, 0.4) is 0 Å². The normalized spacial score (nSPS) is 21.3. The van der Waals surface area contributed by atoms with Gasteiger partial charge in [0.1, 0.15) is 5.75 Å². The predicted molar refractivity (Wildman–Crippen MR) is 94.2 cm³/mol. The summed E-state index contributed by atoms with van der Waals surface area (Å²) in [6, 6.07) is 6.43. The van der Waals surface area contributed by atoms with Crippen molar-refractivity contribution in [2.75, 3.05) is 21.3 Å². The second kappa shape index (κ2) is 6.70. The van der Waals surface area contributed by atoms with Crippen LogP contribution >= 0.6 is 0 Å². The van der Waals surface area contributed by atoms with Crippen LogP contribution in [0.5, 0.6) is 5.75 Å². The minimum absolute atomic E-state index is 0.0509. The standard InChI is InChI=1S/C19H22N2O6/c1-19(2)10-13(22)20-16(18(24)27-5)14(17(23)26-4)15(21(19)20)11-8-6-7-9-12(11)25-3/h6-9,15H,10H2,1-5H3. The molecule has 27 heavy (non-hydrogen) atoms. The second-order valence-corrected chi connectivity index (χ2v) is 6.93. The molecule has 0 bridgehead atoms. The second-order valence-electron chi connectivity index (χ2n) is 6.93. The van der Waals surface area contributed by atoms with E-state index in [1.54, 1.807) is 29.3 Å². The third kappa shape index (κ3) is 2.76. The molecule has 1 atom stereocenters. The highest BCUT2D eigenvalue weighted by Gasteiger charge is 2.58. The lowest BCUT2D eigenvalue weighted by atomic mass is 9.91. The number of amides is 1. The molecule has 1 amide bonds. The Kier molecular flexibility index (Phi) is 4.69. The van der Waals surface area contributed by atoms with Crippen molar-refractivity contribution in [1.29, 1.82) is 0 Å². The van der Waals surface area contributed by atoms with Crippen molar-refractivity contribution in [3.8, 4) is 5.75 Å². The number of benzene rings is 1. The van der Waals surface area contributed by atoms with Crippen molar-refractivity contribution >= 4 is 17.8 Å². The molecule has 1 unspecified atom stereocenters. The van der Waals surface area contributed by atoms with Gasteiger partial charge in [0, 0.05) is 17.5 Å². The molecule has 0 N–H and O–H groups in total. The first-order valence-corrected chi connectivity index (χ1v) is 8.44. The maximum atomic E-state index is 12.7. The number of para-hydroxylation sites is 1. The molecule has 0 saturated carbocycles. The average Bonchev–Trinajstić information content (AvgIpc) is 3.13. The van der Waals surface area contributed by atoms with Gasteiger partial charge in [0.05, 0.1) is 32.9 Å². The fraction of sp³-hybridized carbons (Fsp3) is 0.421. The van der Waals surface area contributed by atoms with Crippen LogP contribution in [-0.4, -0.2) is 54.7 Å². The van der Waals surface area contributed by atoms with Gasteiger partial charge in [-0.1, -0.05) is 18.2 Å². The molecule has 1 saturated heterocycles. The highest BCUT2D eigenvalue weighted by Crippen LogP contribution is 2.51. The van der Waals surface area contributed by atoms with Crippen molar-refractivity contribution < 1.29 is 28.6 Å². The zero-order valence-corrected chi connectivity index (χ0v) is 15.9. The molecule has 2 aliphatic heterocycles. The molecular weight excluding hydrogens is 352 g/mol. The van der Waals surface area contributed by atoms with Crippen LogP contribution in [0.15, 0.2) is 35.5 Å². The van der Waals surface area contributed by atoms with Crippen molar-refractivity contribution in [3.63, 3.8) is 0 Å². The van der Waals surface area contributed by atoms with Crippen molar-refractivity contribution in [2.24, 2.45) is 0 Å². The number of nitrogens with zero attached hydrogens (tertiary/aromatic N) is 2. The maximum Gasteiger partial charge on any atom is 0.356 e. The van der Waals surface area contributed by atoms with E-state index in [4.69, 9.17) is 14.2 Å². The number of carbonyl (C=O) groups is 3. The Morgan fingerprint density at radius 3 is 2.30 bits per heavy atom. The van der Waals surface area contributed by atoms with Crippen molar-refractivity contribution in [1.82, 2.24) is 10.0 Å². The van der Waals surface area contributed by atoms with Gasteiger partial charge in [-0.25, -0.2) is 14.6 Å². The smallest absolute Gasteiger partial charge is 0.356 e. The third-order valence-electron chi connectivity index (χ3n) is 4.86. The van der Waals surface area contributed by atoms with E-state index in [-0.39, 0.29) is 23.6 Å². The molecule has 1 aromatic rings. The Morgan fingerprint density at radius 2 is 1.70 bits per heavy atom. The lowest BCUT2D eigenvalue weighted by Crippen LogP contribution is -2.45. The number of esters is 2. The summed E-state index contributed by atoms with van der Waals surface area (Å²) in [6.45, 7) is 3.75. The number of hydrogen-bond acceptors (Lipinski definition) is 7. The molecule has 2 aliphatic rings. The Labute approximate surface area is 157 Å². The van der Waals surface area contributed by atoms with Gasteiger partial charge in [-0.2, -0.15) is 5.01 Å². The molecular formula is C19H22N2O6. The fourth-order valence-corrected chi connectivity index (χ4v) is 3.77. The van der Waals surface area contributed by atoms with Crippen molar-refractivity contribution in [2.45, 2.75) is 31.8 Å². The topological polar surface area (TPSA) is 85.4 Å². The Bertz CT molecular complexity index is 844. The summed E-state index contributed by atoms with van der Waals surface area (Å²) < 4.78 is 15.3. The summed E-state index contributed by atoms with van der Waals surface area (Å²) in [5.74, 6) is -1.24. The van der Waals surface area contributed by atoms with Crippen LogP contribution in [0.1, 0.15) is 31.9 Å². The van der Waals surface area contributed by atoms with Crippen LogP contribution in [0.4, 0.5) is 0 Å². The quantitative estimate of drug-likeness (QED) is 0.740. The minimum atomic E-state index is -0.774. The Hall–Kier alpha value is -2.87.